The first-order chi connectivity index (χ1) is 16.4. The van der Waals surface area contributed by atoms with Crippen LogP contribution in [-0.4, -0.2) is 59.4 Å². The number of halogens is 5. The highest BCUT2D eigenvalue weighted by molar-refractivity contribution is 5.80. The van der Waals surface area contributed by atoms with Crippen molar-refractivity contribution in [2.75, 3.05) is 13.2 Å². The van der Waals surface area contributed by atoms with E-state index in [1.54, 1.807) is 5.32 Å². The maximum Gasteiger partial charge on any atom is 0.456 e. The van der Waals surface area contributed by atoms with Crippen molar-refractivity contribution < 1.29 is 46.2 Å². The van der Waals surface area contributed by atoms with Crippen LogP contribution in [0.5, 0.6) is 0 Å². The fourth-order valence-corrected chi connectivity index (χ4v) is 3.48. The molecule has 1 aromatic rings. The number of alkyl halides is 5. The predicted molar refractivity (Wildman–Crippen MR) is 113 cm³/mol. The highest BCUT2D eigenvalue weighted by Crippen LogP contribution is 2.35. The number of carbonyl (C=O) groups excluding carboxylic acids is 2. The number of hydrogen-bond acceptors (Lipinski definition) is 5. The number of carboxylic acid groups (broad SMARTS) is 1. The molecule has 0 fully saturated rings. The number of carbonyl (C=O) groups is 3. The fraction of sp³-hybridized carbons (Fsp3) is 0.636. The zero-order chi connectivity index (χ0) is 26.1. The SMILES string of the molecule is O=C(CCCCc1ccc2c(n1)CCCC2)NCCC(NC(=O)OCC(F)(F)C(F)(F)F)C(=O)O. The molecule has 1 unspecified atom stereocenters. The Bertz CT molecular complexity index is 895. The molecule has 1 aliphatic carbocycles. The van der Waals surface area contributed by atoms with E-state index in [1.165, 1.54) is 12.0 Å². The first-order valence-corrected chi connectivity index (χ1v) is 11.2. The van der Waals surface area contributed by atoms with Gasteiger partial charge in [-0.25, -0.2) is 9.59 Å². The molecular formula is C22H28F5N3O5. The van der Waals surface area contributed by atoms with Crippen LogP contribution >= 0.6 is 0 Å². The van der Waals surface area contributed by atoms with Crippen molar-refractivity contribution in [3.63, 3.8) is 0 Å². The summed E-state index contributed by atoms with van der Waals surface area (Å²) < 4.78 is 65.6. The number of alkyl carbamates (subject to hydrolysis) is 1. The molecule has 0 spiro atoms. The van der Waals surface area contributed by atoms with Crippen LogP contribution < -0.4 is 10.6 Å². The second kappa shape index (κ2) is 12.6. The summed E-state index contributed by atoms with van der Waals surface area (Å²) in [5.41, 5.74) is 3.41. The minimum Gasteiger partial charge on any atom is -0.480 e. The summed E-state index contributed by atoms with van der Waals surface area (Å²) >= 11 is 0. The molecule has 0 aliphatic heterocycles. The van der Waals surface area contributed by atoms with Crippen molar-refractivity contribution in [1.82, 2.24) is 15.6 Å². The molecule has 1 atom stereocenters. The first-order valence-electron chi connectivity index (χ1n) is 11.2. The van der Waals surface area contributed by atoms with Crippen LogP contribution in [0.25, 0.3) is 0 Å². The molecule has 196 valence electrons. The minimum atomic E-state index is -5.92. The maximum atomic E-state index is 12.8. The average Bonchev–Trinajstić information content (AvgIpc) is 2.79. The molecule has 3 N–H and O–H groups in total. The molecule has 0 saturated heterocycles. The Kier molecular flexibility index (Phi) is 10.2. The first kappa shape index (κ1) is 28.2. The van der Waals surface area contributed by atoms with E-state index < -0.39 is 36.8 Å². The van der Waals surface area contributed by atoms with Crippen LogP contribution in [0.4, 0.5) is 26.7 Å². The Morgan fingerprint density at radius 1 is 1.09 bits per heavy atom. The smallest absolute Gasteiger partial charge is 0.456 e. The monoisotopic (exact) mass is 509 g/mol. The molecule has 2 amide bonds. The van der Waals surface area contributed by atoms with Crippen molar-refractivity contribution in [2.24, 2.45) is 0 Å². The van der Waals surface area contributed by atoms with E-state index in [2.05, 4.69) is 21.1 Å². The highest BCUT2D eigenvalue weighted by atomic mass is 19.4. The Morgan fingerprint density at radius 3 is 2.49 bits per heavy atom. The van der Waals surface area contributed by atoms with E-state index in [1.807, 2.05) is 6.07 Å². The van der Waals surface area contributed by atoms with Crippen molar-refractivity contribution in [3.8, 4) is 0 Å². The number of carboxylic acids is 1. The quantitative estimate of drug-likeness (QED) is 0.293. The van der Waals surface area contributed by atoms with Gasteiger partial charge in [-0.05, 0) is 63.0 Å². The number of amides is 2. The van der Waals surface area contributed by atoms with Crippen LogP contribution in [0.1, 0.15) is 55.5 Å². The van der Waals surface area contributed by atoms with Crippen LogP contribution in [0.2, 0.25) is 0 Å². The molecule has 0 radical (unpaired) electrons. The number of aromatic nitrogens is 1. The Balaban J connectivity index is 1.64. The lowest BCUT2D eigenvalue weighted by Gasteiger charge is -2.20. The van der Waals surface area contributed by atoms with Gasteiger partial charge in [0.1, 0.15) is 6.04 Å². The zero-order valence-electron chi connectivity index (χ0n) is 18.9. The van der Waals surface area contributed by atoms with Crippen LogP contribution in [0, 0.1) is 0 Å². The summed E-state index contributed by atoms with van der Waals surface area (Å²) in [4.78, 5) is 39.2. The third-order valence-electron chi connectivity index (χ3n) is 5.47. The molecule has 1 aliphatic rings. The van der Waals surface area contributed by atoms with Gasteiger partial charge in [0.2, 0.25) is 5.91 Å². The molecule has 35 heavy (non-hydrogen) atoms. The van der Waals surface area contributed by atoms with Crippen LogP contribution in [-0.2, 0) is 33.6 Å². The van der Waals surface area contributed by atoms with Gasteiger partial charge in [-0.15, -0.1) is 0 Å². The molecule has 1 aromatic heterocycles. The molecule has 8 nitrogen and oxygen atoms in total. The van der Waals surface area contributed by atoms with Gasteiger partial charge in [0.25, 0.3) is 0 Å². The van der Waals surface area contributed by atoms with Crippen molar-refractivity contribution in [3.05, 3.63) is 29.1 Å². The molecule has 2 rings (SSSR count). The summed E-state index contributed by atoms with van der Waals surface area (Å²) in [6, 6.07) is 2.45. The van der Waals surface area contributed by atoms with Crippen molar-refractivity contribution in [2.45, 2.75) is 75.9 Å². The lowest BCUT2D eigenvalue weighted by molar-refractivity contribution is -0.292. The third kappa shape index (κ3) is 9.29. The maximum absolute atomic E-state index is 12.8. The number of nitrogens with zero attached hydrogens (tertiary/aromatic N) is 1. The number of ether oxygens (including phenoxy) is 1. The average molecular weight is 509 g/mol. The van der Waals surface area contributed by atoms with Gasteiger partial charge in [-0.1, -0.05) is 6.07 Å². The number of pyridine rings is 1. The third-order valence-corrected chi connectivity index (χ3v) is 5.47. The van der Waals surface area contributed by atoms with Gasteiger partial charge in [0.05, 0.1) is 0 Å². The summed E-state index contributed by atoms with van der Waals surface area (Å²) in [6.45, 7) is -2.45. The molecule has 0 saturated carbocycles. The number of hydrogen-bond donors (Lipinski definition) is 3. The minimum absolute atomic E-state index is 0.166. The normalized spacial score (nSPS) is 14.5. The van der Waals surface area contributed by atoms with E-state index in [9.17, 15) is 36.3 Å². The van der Waals surface area contributed by atoms with Gasteiger partial charge in [0, 0.05) is 24.4 Å². The van der Waals surface area contributed by atoms with Crippen molar-refractivity contribution >= 4 is 18.0 Å². The van der Waals surface area contributed by atoms with Crippen molar-refractivity contribution in [1.29, 1.82) is 0 Å². The summed E-state index contributed by atoms with van der Waals surface area (Å²) in [7, 11) is 0. The summed E-state index contributed by atoms with van der Waals surface area (Å²) in [5.74, 6) is -7.19. The van der Waals surface area contributed by atoms with Gasteiger partial charge >= 0.3 is 24.2 Å². The zero-order valence-corrected chi connectivity index (χ0v) is 18.9. The van der Waals surface area contributed by atoms with E-state index in [0.29, 0.717) is 6.42 Å². The molecule has 13 heteroatoms. The lowest BCUT2D eigenvalue weighted by Crippen LogP contribution is -2.46. The van der Waals surface area contributed by atoms with Gasteiger partial charge in [-0.2, -0.15) is 22.0 Å². The van der Waals surface area contributed by atoms with E-state index in [-0.39, 0.29) is 25.3 Å². The molecule has 0 aromatic carbocycles. The highest BCUT2D eigenvalue weighted by Gasteiger charge is 2.58. The van der Waals surface area contributed by atoms with E-state index in [0.717, 1.165) is 43.5 Å². The van der Waals surface area contributed by atoms with Gasteiger partial charge < -0.3 is 20.5 Å². The fourth-order valence-electron chi connectivity index (χ4n) is 3.48. The summed E-state index contributed by atoms with van der Waals surface area (Å²) in [6.07, 6.45) is -1.43. The number of fused-ring (bicyclic) bond motifs is 1. The van der Waals surface area contributed by atoms with E-state index >= 15 is 0 Å². The summed E-state index contributed by atoms with van der Waals surface area (Å²) in [5, 5.41) is 13.2. The topological polar surface area (TPSA) is 118 Å². The Hall–Kier alpha value is -2.99. The Labute approximate surface area is 198 Å². The number of aliphatic carboxylic acids is 1. The second-order valence-electron chi connectivity index (χ2n) is 8.27. The number of unbranched alkanes of at least 4 members (excludes halogenated alkanes) is 1. The largest absolute Gasteiger partial charge is 0.480 e. The van der Waals surface area contributed by atoms with Crippen LogP contribution in [0.3, 0.4) is 0 Å². The lowest BCUT2D eigenvalue weighted by atomic mass is 9.95. The predicted octanol–water partition coefficient (Wildman–Crippen LogP) is 3.56. The molecule has 1 heterocycles. The molecule has 0 bridgehead atoms. The Morgan fingerprint density at radius 2 is 1.80 bits per heavy atom. The number of aryl methyl sites for hydroxylation is 3. The number of nitrogens with one attached hydrogen (secondary N) is 2. The number of rotatable bonds is 12. The van der Waals surface area contributed by atoms with Gasteiger partial charge in [-0.3, -0.25) is 9.78 Å². The molecular weight excluding hydrogens is 481 g/mol. The van der Waals surface area contributed by atoms with E-state index in [4.69, 9.17) is 5.11 Å². The second-order valence-corrected chi connectivity index (χ2v) is 8.27. The van der Waals surface area contributed by atoms with Gasteiger partial charge in [0.15, 0.2) is 6.61 Å². The standard InChI is InChI=1S/C22H28F5N3O5/c23-21(24,22(25,26)27)13-35-20(34)30-17(19(32)33)11-12-28-18(31)8-4-2-6-15-10-9-14-5-1-3-7-16(14)29-15/h9-10,17H,1-8,11-13H2,(H,28,31)(H,30,34)(H,32,33). The van der Waals surface area contributed by atoms with Crippen LogP contribution in [0.15, 0.2) is 12.1 Å².